The third-order valence-electron chi connectivity index (χ3n) is 4.35. The summed E-state index contributed by atoms with van der Waals surface area (Å²) in [5, 5.41) is 1.93. The Morgan fingerprint density at radius 3 is 3.12 bits per heavy atom. The second kappa shape index (κ2) is 7.09. The summed E-state index contributed by atoms with van der Waals surface area (Å²) in [6.07, 6.45) is 5.38. The van der Waals surface area contributed by atoms with Gasteiger partial charge in [0.1, 0.15) is 16.2 Å². The number of nitrogens with zero attached hydrogens (tertiary/aromatic N) is 4. The second-order valence-corrected chi connectivity index (χ2v) is 8.24. The van der Waals surface area contributed by atoms with Gasteiger partial charge in [-0.15, -0.1) is 11.3 Å². The smallest absolute Gasteiger partial charge is 0.233 e. The van der Waals surface area contributed by atoms with E-state index in [0.717, 1.165) is 40.3 Å². The quantitative estimate of drug-likeness (QED) is 0.516. The molecule has 1 fully saturated rings. The van der Waals surface area contributed by atoms with Gasteiger partial charge in [-0.3, -0.25) is 9.78 Å². The zero-order chi connectivity index (χ0) is 17.2. The Morgan fingerprint density at radius 1 is 1.36 bits per heavy atom. The van der Waals surface area contributed by atoms with Crippen LogP contribution in [0.2, 0.25) is 0 Å². The molecule has 4 heterocycles. The van der Waals surface area contributed by atoms with E-state index in [-0.39, 0.29) is 11.9 Å². The molecule has 7 heteroatoms. The Bertz CT molecular complexity index is 896. The number of amides is 1. The molecule has 1 aliphatic rings. The lowest BCUT2D eigenvalue weighted by atomic mass is 10.1. The van der Waals surface area contributed by atoms with Crippen LogP contribution in [0.4, 0.5) is 0 Å². The zero-order valence-electron chi connectivity index (χ0n) is 13.9. The molecule has 1 aliphatic heterocycles. The summed E-state index contributed by atoms with van der Waals surface area (Å²) in [6, 6.07) is 8.09. The van der Waals surface area contributed by atoms with Crippen molar-refractivity contribution in [3.63, 3.8) is 0 Å². The van der Waals surface area contributed by atoms with Gasteiger partial charge in [-0.25, -0.2) is 9.97 Å². The van der Waals surface area contributed by atoms with Gasteiger partial charge in [-0.2, -0.15) is 0 Å². The summed E-state index contributed by atoms with van der Waals surface area (Å²) >= 11 is 3.15. The Balaban J connectivity index is 1.48. The number of hydrogen-bond acceptors (Lipinski definition) is 6. The summed E-state index contributed by atoms with van der Waals surface area (Å²) in [7, 11) is 0. The van der Waals surface area contributed by atoms with E-state index >= 15 is 0 Å². The Labute approximate surface area is 154 Å². The number of thiophene rings is 1. The SMILES string of the molecule is Cc1cc2c(SCC(=O)N3CCCC3c3ccccn3)ncnc2s1. The lowest BCUT2D eigenvalue weighted by molar-refractivity contribution is -0.129. The molecule has 0 saturated carbocycles. The molecule has 1 amide bonds. The average Bonchev–Trinajstić information content (AvgIpc) is 3.26. The Kier molecular flexibility index (Phi) is 4.67. The van der Waals surface area contributed by atoms with Crippen LogP contribution in [0, 0.1) is 6.92 Å². The van der Waals surface area contributed by atoms with E-state index in [1.54, 1.807) is 23.9 Å². The molecular formula is C18H18N4OS2. The van der Waals surface area contributed by atoms with Crippen LogP contribution in [-0.2, 0) is 4.79 Å². The third kappa shape index (κ3) is 3.39. The number of carbonyl (C=O) groups is 1. The number of pyridine rings is 1. The number of thioether (sulfide) groups is 1. The van der Waals surface area contributed by atoms with Gasteiger partial charge >= 0.3 is 0 Å². The predicted molar refractivity (Wildman–Crippen MR) is 101 cm³/mol. The van der Waals surface area contributed by atoms with E-state index in [1.165, 1.54) is 16.6 Å². The number of rotatable bonds is 4. The summed E-state index contributed by atoms with van der Waals surface area (Å²) in [5.74, 6) is 0.543. The predicted octanol–water partition coefficient (Wildman–Crippen LogP) is 3.85. The van der Waals surface area contributed by atoms with E-state index < -0.39 is 0 Å². The molecule has 1 unspecified atom stereocenters. The molecule has 0 bridgehead atoms. The Hall–Kier alpha value is -1.99. The molecule has 0 aliphatic carbocycles. The largest absolute Gasteiger partial charge is 0.333 e. The lowest BCUT2D eigenvalue weighted by Crippen LogP contribution is -2.32. The van der Waals surface area contributed by atoms with Gasteiger partial charge in [0.15, 0.2) is 0 Å². The van der Waals surface area contributed by atoms with E-state index in [9.17, 15) is 4.79 Å². The van der Waals surface area contributed by atoms with Gasteiger partial charge in [-0.1, -0.05) is 17.8 Å². The van der Waals surface area contributed by atoms with Gasteiger partial charge in [0.05, 0.1) is 17.5 Å². The van der Waals surface area contributed by atoms with Crippen molar-refractivity contribution in [2.24, 2.45) is 0 Å². The number of fused-ring (bicyclic) bond motifs is 1. The first-order valence-electron chi connectivity index (χ1n) is 8.27. The fourth-order valence-corrected chi connectivity index (χ4v) is 5.00. The topological polar surface area (TPSA) is 59.0 Å². The second-order valence-electron chi connectivity index (χ2n) is 6.04. The molecule has 3 aromatic heterocycles. The Morgan fingerprint density at radius 2 is 2.28 bits per heavy atom. The van der Waals surface area contributed by atoms with Crippen molar-refractivity contribution in [3.05, 3.63) is 47.4 Å². The van der Waals surface area contributed by atoms with E-state index in [0.29, 0.717) is 5.75 Å². The molecule has 0 N–H and O–H groups in total. The lowest BCUT2D eigenvalue weighted by Gasteiger charge is -2.24. The van der Waals surface area contributed by atoms with Crippen molar-refractivity contribution in [1.29, 1.82) is 0 Å². The number of likely N-dealkylation sites (tertiary alicyclic amines) is 1. The highest BCUT2D eigenvalue weighted by atomic mass is 32.2. The maximum Gasteiger partial charge on any atom is 0.233 e. The minimum atomic E-state index is 0.100. The van der Waals surface area contributed by atoms with Crippen LogP contribution in [0.3, 0.4) is 0 Å². The normalized spacial score (nSPS) is 17.3. The number of carbonyl (C=O) groups excluding carboxylic acids is 1. The zero-order valence-corrected chi connectivity index (χ0v) is 15.5. The van der Waals surface area contributed by atoms with Crippen molar-refractivity contribution in [3.8, 4) is 0 Å². The summed E-state index contributed by atoms with van der Waals surface area (Å²) in [6.45, 7) is 2.87. The molecule has 1 atom stereocenters. The molecule has 4 rings (SSSR count). The van der Waals surface area contributed by atoms with Crippen molar-refractivity contribution in [2.45, 2.75) is 30.8 Å². The molecule has 3 aromatic rings. The highest BCUT2D eigenvalue weighted by Gasteiger charge is 2.30. The molecular weight excluding hydrogens is 352 g/mol. The van der Waals surface area contributed by atoms with Gasteiger partial charge in [0.2, 0.25) is 5.91 Å². The van der Waals surface area contributed by atoms with Gasteiger partial charge < -0.3 is 4.90 Å². The molecule has 5 nitrogen and oxygen atoms in total. The summed E-state index contributed by atoms with van der Waals surface area (Å²) in [4.78, 5) is 30.0. The third-order valence-corrected chi connectivity index (χ3v) is 6.30. The molecule has 0 aromatic carbocycles. The molecule has 0 spiro atoms. The highest BCUT2D eigenvalue weighted by molar-refractivity contribution is 8.00. The number of aryl methyl sites for hydroxylation is 1. The maximum absolute atomic E-state index is 12.8. The minimum Gasteiger partial charge on any atom is -0.333 e. The first-order chi connectivity index (χ1) is 12.2. The highest BCUT2D eigenvalue weighted by Crippen LogP contribution is 2.33. The molecule has 25 heavy (non-hydrogen) atoms. The summed E-state index contributed by atoms with van der Waals surface area (Å²) < 4.78 is 0. The first kappa shape index (κ1) is 16.5. The van der Waals surface area contributed by atoms with Gasteiger partial charge in [0.25, 0.3) is 0 Å². The maximum atomic E-state index is 12.8. The first-order valence-corrected chi connectivity index (χ1v) is 10.1. The fourth-order valence-electron chi connectivity index (χ4n) is 3.23. The van der Waals surface area contributed by atoms with Crippen LogP contribution < -0.4 is 0 Å². The van der Waals surface area contributed by atoms with Crippen molar-refractivity contribution < 1.29 is 4.79 Å². The van der Waals surface area contributed by atoms with Crippen LogP contribution >= 0.6 is 23.1 Å². The van der Waals surface area contributed by atoms with Crippen molar-refractivity contribution >= 4 is 39.2 Å². The molecule has 1 saturated heterocycles. The molecule has 128 valence electrons. The van der Waals surface area contributed by atoms with E-state index in [4.69, 9.17) is 0 Å². The van der Waals surface area contributed by atoms with Crippen molar-refractivity contribution in [2.75, 3.05) is 12.3 Å². The molecule has 0 radical (unpaired) electrons. The van der Waals surface area contributed by atoms with Gasteiger partial charge in [-0.05, 0) is 38.0 Å². The fraction of sp³-hybridized carbons (Fsp3) is 0.333. The van der Waals surface area contributed by atoms with E-state index in [1.807, 2.05) is 23.1 Å². The van der Waals surface area contributed by atoms with Crippen LogP contribution in [-0.4, -0.2) is 38.1 Å². The monoisotopic (exact) mass is 370 g/mol. The average molecular weight is 371 g/mol. The van der Waals surface area contributed by atoms with E-state index in [2.05, 4.69) is 27.9 Å². The van der Waals surface area contributed by atoms with Crippen LogP contribution in [0.1, 0.15) is 29.5 Å². The van der Waals surface area contributed by atoms with Crippen LogP contribution in [0.15, 0.2) is 41.8 Å². The summed E-state index contributed by atoms with van der Waals surface area (Å²) in [5.41, 5.74) is 0.983. The van der Waals surface area contributed by atoms with Crippen LogP contribution in [0.25, 0.3) is 10.2 Å². The number of hydrogen-bond donors (Lipinski definition) is 0. The van der Waals surface area contributed by atoms with Gasteiger partial charge in [0, 0.05) is 23.0 Å². The minimum absolute atomic E-state index is 0.100. The standard InChI is InChI=1S/C18H18N4OS2/c1-12-9-13-17(20-11-21-18(13)25-12)24-10-16(23)22-8-4-6-15(22)14-5-2-3-7-19-14/h2-3,5,7,9,11,15H,4,6,8,10H2,1H3. The van der Waals surface area contributed by atoms with Crippen molar-refractivity contribution in [1.82, 2.24) is 19.9 Å². The van der Waals surface area contributed by atoms with Crippen LogP contribution in [0.5, 0.6) is 0 Å². The number of aromatic nitrogens is 3.